The zero-order valence-electron chi connectivity index (χ0n) is 34.4. The van der Waals surface area contributed by atoms with Gasteiger partial charge in [0.05, 0.1) is 68.7 Å². The maximum Gasteiger partial charge on any atom is 0.167 e. The molecule has 4 aromatic rings. The van der Waals surface area contributed by atoms with Gasteiger partial charge in [-0.05, 0) is 95.4 Å². The van der Waals surface area contributed by atoms with Gasteiger partial charge in [0.25, 0.3) is 0 Å². The van der Waals surface area contributed by atoms with E-state index in [4.69, 9.17) is 37.9 Å². The van der Waals surface area contributed by atoms with Gasteiger partial charge in [0, 0.05) is 11.8 Å². The molecule has 12 nitrogen and oxygen atoms in total. The topological polar surface area (TPSA) is 142 Å². The number of allylic oxidation sites excluding steroid dienone is 3. The summed E-state index contributed by atoms with van der Waals surface area (Å²) < 4.78 is 43.5. The molecule has 5 rings (SSSR count). The first kappa shape index (κ1) is 54.2. The number of methoxy groups -OCH3 is 8. The van der Waals surface area contributed by atoms with Crippen LogP contribution in [-0.2, 0) is 24.6 Å². The van der Waals surface area contributed by atoms with Gasteiger partial charge in [0.2, 0.25) is 0 Å². The summed E-state index contributed by atoms with van der Waals surface area (Å²) in [4.78, 5) is 57.7. The monoisotopic (exact) mass is 868 g/mol. The highest BCUT2D eigenvalue weighted by Gasteiger charge is 2.56. The van der Waals surface area contributed by atoms with Crippen LogP contribution in [0.15, 0.2) is 91.0 Å². The summed E-state index contributed by atoms with van der Waals surface area (Å²) in [6.45, 7) is 0. The number of Topliss-reactive ketones (excluding diaryl/α,β-unsaturated/α-hetero) is 1. The van der Waals surface area contributed by atoms with E-state index in [1.807, 2.05) is 0 Å². The molecule has 1 fully saturated rings. The Morgan fingerprint density at radius 1 is 0.492 bits per heavy atom. The second-order valence-corrected chi connectivity index (χ2v) is 13.6. The summed E-state index contributed by atoms with van der Waals surface area (Å²) in [5.74, 6) is -1.12. The molecule has 0 radical (unpaired) electrons. The Hall–Kier alpha value is -6.82. The molecule has 0 spiro atoms. The van der Waals surface area contributed by atoms with Crippen molar-refractivity contribution in [2.24, 2.45) is 11.8 Å². The molecule has 2 atom stereocenters. The normalized spacial score (nSPS) is 15.4. The molecule has 0 saturated heterocycles. The Kier molecular flexibility index (Phi) is 21.1. The number of ketones is 4. The minimum Gasteiger partial charge on any atom is -0.493 e. The van der Waals surface area contributed by atoms with Crippen LogP contribution >= 0.6 is 0 Å². The van der Waals surface area contributed by atoms with Crippen LogP contribution in [0.25, 0.3) is 18.2 Å². The summed E-state index contributed by atoms with van der Waals surface area (Å²) in [6.07, 6.45) is 8.24. The first-order valence-electron chi connectivity index (χ1n) is 18.6. The first-order valence-corrected chi connectivity index (χ1v) is 18.6. The van der Waals surface area contributed by atoms with Crippen molar-refractivity contribution in [3.05, 3.63) is 113 Å². The second kappa shape index (κ2) is 24.6. The number of carbonyl (C=O) groups is 4. The van der Waals surface area contributed by atoms with Crippen LogP contribution in [0.1, 0.15) is 64.8 Å². The summed E-state index contributed by atoms with van der Waals surface area (Å²) in [7, 11) is 12.0. The van der Waals surface area contributed by atoms with Gasteiger partial charge in [-0.3, -0.25) is 19.2 Å². The molecule has 63 heavy (non-hydrogen) atoms. The molecule has 0 heterocycles. The van der Waals surface area contributed by atoms with Crippen LogP contribution in [0, 0.1) is 11.8 Å². The van der Waals surface area contributed by atoms with Crippen LogP contribution in [0.4, 0.5) is 0 Å². The summed E-state index contributed by atoms with van der Waals surface area (Å²) >= 11 is 0. The number of ether oxygens (including phenoxy) is 8. The zero-order chi connectivity index (χ0) is 42.7. The number of rotatable bonds is 19. The second-order valence-electron chi connectivity index (χ2n) is 13.6. The predicted octanol–water partition coefficient (Wildman–Crippen LogP) is 9.98. The van der Waals surface area contributed by atoms with Crippen molar-refractivity contribution in [2.75, 3.05) is 56.9 Å². The highest BCUT2D eigenvalue weighted by Crippen LogP contribution is 2.51. The van der Waals surface area contributed by atoms with Gasteiger partial charge in [-0.15, -0.1) is 0 Å². The van der Waals surface area contributed by atoms with Gasteiger partial charge in [-0.2, -0.15) is 0 Å². The van der Waals surface area contributed by atoms with Crippen LogP contribution < -0.4 is 37.9 Å². The van der Waals surface area contributed by atoms with Crippen molar-refractivity contribution in [1.82, 2.24) is 0 Å². The van der Waals surface area contributed by atoms with Crippen LogP contribution in [-0.4, -0.2) is 80.0 Å². The molecule has 4 aromatic carbocycles. The highest BCUT2D eigenvalue weighted by molar-refractivity contribution is 6.17. The van der Waals surface area contributed by atoms with E-state index in [1.54, 1.807) is 91.0 Å². The van der Waals surface area contributed by atoms with Crippen LogP contribution in [0.3, 0.4) is 0 Å². The van der Waals surface area contributed by atoms with Crippen molar-refractivity contribution < 1.29 is 57.1 Å². The fourth-order valence-electron chi connectivity index (χ4n) is 7.39. The largest absolute Gasteiger partial charge is 0.493 e. The van der Waals surface area contributed by atoms with Crippen molar-refractivity contribution >= 4 is 41.4 Å². The summed E-state index contributed by atoms with van der Waals surface area (Å²) in [5.41, 5.74) is 0.787. The van der Waals surface area contributed by atoms with Crippen molar-refractivity contribution in [3.8, 4) is 46.0 Å². The van der Waals surface area contributed by atoms with Gasteiger partial charge in [-0.25, -0.2) is 0 Å². The maximum atomic E-state index is 14.8. The smallest absolute Gasteiger partial charge is 0.167 e. The third kappa shape index (κ3) is 12.0. The summed E-state index contributed by atoms with van der Waals surface area (Å²) in [5, 5.41) is 0. The first-order chi connectivity index (χ1) is 28.5. The molecular formula is C51H64O12. The molecule has 0 aliphatic heterocycles. The van der Waals surface area contributed by atoms with Gasteiger partial charge in [0.15, 0.2) is 63.3 Å². The molecule has 2 unspecified atom stereocenters. The average molecular weight is 869 g/mol. The molecule has 12 heteroatoms. The third-order valence-corrected chi connectivity index (χ3v) is 10.4. The number of hydrogen-bond acceptors (Lipinski definition) is 12. The molecule has 1 saturated carbocycles. The minimum atomic E-state index is -1.49. The van der Waals surface area contributed by atoms with Crippen LogP contribution in [0.5, 0.6) is 46.0 Å². The number of benzene rings is 4. The average Bonchev–Trinajstić information content (AvgIpc) is 3.62. The molecule has 340 valence electrons. The lowest BCUT2D eigenvalue weighted by Crippen LogP contribution is -2.42. The Bertz CT molecular complexity index is 2210. The van der Waals surface area contributed by atoms with Gasteiger partial charge >= 0.3 is 0 Å². The molecule has 0 amide bonds. The Morgan fingerprint density at radius 3 is 1.19 bits per heavy atom. The predicted molar refractivity (Wildman–Crippen MR) is 250 cm³/mol. The minimum absolute atomic E-state index is 0. The molecule has 0 bridgehead atoms. The van der Waals surface area contributed by atoms with E-state index in [1.165, 1.54) is 75.1 Å². The Labute approximate surface area is 373 Å². The number of carbonyl (C=O) groups excluding carboxylic acids is 4. The fourth-order valence-corrected chi connectivity index (χ4v) is 7.39. The zero-order valence-corrected chi connectivity index (χ0v) is 34.4. The molecular weight excluding hydrogens is 805 g/mol. The summed E-state index contributed by atoms with van der Waals surface area (Å²) in [6, 6.07) is 20.4. The molecule has 0 N–H and O–H groups in total. The molecule has 1 aliphatic carbocycles. The standard InChI is InChI=1S/C47H48O12.4CH4/c1-52-38-19-12-29(23-42(38)56-5)9-16-34(48)33-27-47(28-37(33)51,32-15-22-41(55-4)45(26-32)59-8)46(35(49)17-10-30-13-20-39(53-2)43(24-30)57-6)36(50)18-11-31-14-21-40(54-3)44(25-31)58-7;;;;/h9-26,33,46H,27-28H2,1-8H3;4*1H4/b16-9+,17-10+,18-11+;;;;. The molecule has 0 aromatic heterocycles. The SMILES string of the molecule is C.C.C.C.COc1ccc(/C=C/C(=O)C2CC(c3ccc(OC)c(OC)c3)(C(C(=O)/C=C/c3ccc(OC)c(OC)c3)C(=O)/C=C/c3ccc(OC)c(OC)c3)CC2=O)cc1OC. The lowest BCUT2D eigenvalue weighted by molar-refractivity contribution is -0.131. The fraction of sp³-hybridized carbons (Fsp3) is 0.333. The molecule has 1 aliphatic rings. The van der Waals surface area contributed by atoms with E-state index in [2.05, 4.69) is 0 Å². The van der Waals surface area contributed by atoms with E-state index in [0.29, 0.717) is 68.2 Å². The quantitative estimate of drug-likeness (QED) is 0.0654. The van der Waals surface area contributed by atoms with Crippen molar-refractivity contribution in [1.29, 1.82) is 0 Å². The van der Waals surface area contributed by atoms with Gasteiger partial charge in [-0.1, -0.05) is 72.2 Å². The third-order valence-electron chi connectivity index (χ3n) is 10.4. The van der Waals surface area contributed by atoms with Gasteiger partial charge < -0.3 is 37.9 Å². The lowest BCUT2D eigenvalue weighted by atomic mass is 9.64. The number of hydrogen-bond donors (Lipinski definition) is 0. The van der Waals surface area contributed by atoms with Gasteiger partial charge in [0.1, 0.15) is 5.78 Å². The maximum absolute atomic E-state index is 14.8. The van der Waals surface area contributed by atoms with Crippen molar-refractivity contribution in [3.63, 3.8) is 0 Å². The van der Waals surface area contributed by atoms with E-state index in [0.717, 1.165) is 0 Å². The lowest BCUT2D eigenvalue weighted by Gasteiger charge is -2.35. The van der Waals surface area contributed by atoms with Crippen LogP contribution in [0.2, 0.25) is 0 Å². The van der Waals surface area contributed by atoms with E-state index in [-0.39, 0.29) is 42.5 Å². The Balaban J connectivity index is 0.00000496. The Morgan fingerprint density at radius 2 is 0.825 bits per heavy atom. The van der Waals surface area contributed by atoms with Crippen molar-refractivity contribution in [2.45, 2.75) is 48.0 Å². The van der Waals surface area contributed by atoms with E-state index < -0.39 is 40.4 Å². The van der Waals surface area contributed by atoms with E-state index >= 15 is 0 Å². The van der Waals surface area contributed by atoms with E-state index in [9.17, 15) is 19.2 Å². The highest BCUT2D eigenvalue weighted by atomic mass is 16.5.